The summed E-state index contributed by atoms with van der Waals surface area (Å²) in [5, 5.41) is 9.61. The van der Waals surface area contributed by atoms with Gasteiger partial charge in [0.2, 0.25) is 0 Å². The maximum absolute atomic E-state index is 10.8. The molecule has 0 saturated carbocycles. The van der Waals surface area contributed by atoms with Crippen LogP contribution in [0, 0.1) is 0 Å². The molecule has 0 aromatic heterocycles. The standard InChI is InChI=1S/C12H14O3/c1-2-3-4-9-5-6-10(7-13)12(15)11(9)8-14/h5-8,15H,2-4H2,1H3. The molecule has 0 heterocycles. The summed E-state index contributed by atoms with van der Waals surface area (Å²) in [5.41, 5.74) is 1.21. The molecule has 0 fully saturated rings. The second-order valence-electron chi connectivity index (χ2n) is 3.42. The third-order valence-corrected chi connectivity index (χ3v) is 2.38. The normalized spacial score (nSPS) is 9.93. The van der Waals surface area contributed by atoms with Gasteiger partial charge in [-0.15, -0.1) is 0 Å². The number of carbonyl (C=O) groups is 2. The summed E-state index contributed by atoms with van der Waals surface area (Å²) in [6, 6.07) is 3.27. The highest BCUT2D eigenvalue weighted by Crippen LogP contribution is 2.24. The molecule has 80 valence electrons. The Morgan fingerprint density at radius 1 is 1.27 bits per heavy atom. The molecule has 1 rings (SSSR count). The second kappa shape index (κ2) is 5.29. The summed E-state index contributed by atoms with van der Waals surface area (Å²) >= 11 is 0. The lowest BCUT2D eigenvalue weighted by molar-refractivity contribution is 0.111. The van der Waals surface area contributed by atoms with E-state index in [0.717, 1.165) is 24.8 Å². The Kier molecular flexibility index (Phi) is 4.03. The van der Waals surface area contributed by atoms with E-state index < -0.39 is 0 Å². The Hall–Kier alpha value is -1.64. The monoisotopic (exact) mass is 206 g/mol. The Balaban J connectivity index is 3.12. The van der Waals surface area contributed by atoms with Crippen molar-refractivity contribution in [2.45, 2.75) is 26.2 Å². The maximum atomic E-state index is 10.8. The van der Waals surface area contributed by atoms with E-state index in [0.29, 0.717) is 12.6 Å². The number of phenolic OH excluding ortho intramolecular Hbond substituents is 1. The highest BCUT2D eigenvalue weighted by Gasteiger charge is 2.10. The number of aromatic hydroxyl groups is 1. The van der Waals surface area contributed by atoms with Gasteiger partial charge in [-0.2, -0.15) is 0 Å². The fourth-order valence-electron chi connectivity index (χ4n) is 1.48. The SMILES string of the molecule is CCCCc1ccc(C=O)c(O)c1C=O. The number of benzene rings is 1. The minimum atomic E-state index is -0.200. The molecule has 1 aromatic carbocycles. The molecule has 1 aromatic rings. The van der Waals surface area contributed by atoms with Gasteiger partial charge in [-0.3, -0.25) is 9.59 Å². The Bertz CT molecular complexity index is 369. The topological polar surface area (TPSA) is 54.4 Å². The van der Waals surface area contributed by atoms with Crippen molar-refractivity contribution in [2.24, 2.45) is 0 Å². The first-order valence-corrected chi connectivity index (χ1v) is 4.99. The minimum Gasteiger partial charge on any atom is -0.506 e. The lowest BCUT2D eigenvalue weighted by Crippen LogP contribution is -1.96. The number of hydrogen-bond donors (Lipinski definition) is 1. The molecule has 0 unspecified atom stereocenters. The number of hydrogen-bond acceptors (Lipinski definition) is 3. The van der Waals surface area contributed by atoms with Crippen molar-refractivity contribution < 1.29 is 14.7 Å². The lowest BCUT2D eigenvalue weighted by Gasteiger charge is -2.07. The summed E-state index contributed by atoms with van der Waals surface area (Å²) < 4.78 is 0. The molecule has 0 aliphatic rings. The van der Waals surface area contributed by atoms with Crippen molar-refractivity contribution in [2.75, 3.05) is 0 Å². The van der Waals surface area contributed by atoms with E-state index in [1.807, 2.05) is 0 Å². The molecule has 15 heavy (non-hydrogen) atoms. The molecule has 0 spiro atoms. The zero-order valence-corrected chi connectivity index (χ0v) is 8.69. The van der Waals surface area contributed by atoms with Gasteiger partial charge in [-0.05, 0) is 24.5 Å². The fraction of sp³-hybridized carbons (Fsp3) is 0.333. The zero-order valence-electron chi connectivity index (χ0n) is 8.69. The van der Waals surface area contributed by atoms with Crippen LogP contribution in [0.1, 0.15) is 46.0 Å². The summed E-state index contributed by atoms with van der Waals surface area (Å²) in [6.07, 6.45) is 3.88. The van der Waals surface area contributed by atoms with Crippen molar-refractivity contribution in [3.63, 3.8) is 0 Å². The number of phenols is 1. The van der Waals surface area contributed by atoms with Crippen LogP contribution >= 0.6 is 0 Å². The number of carbonyl (C=O) groups excluding carboxylic acids is 2. The molecule has 1 N–H and O–H groups in total. The molecule has 0 saturated heterocycles. The molecule has 0 amide bonds. The Morgan fingerprint density at radius 3 is 2.53 bits per heavy atom. The maximum Gasteiger partial charge on any atom is 0.154 e. The smallest absolute Gasteiger partial charge is 0.154 e. The van der Waals surface area contributed by atoms with E-state index in [1.165, 1.54) is 0 Å². The first-order valence-electron chi connectivity index (χ1n) is 4.99. The van der Waals surface area contributed by atoms with Gasteiger partial charge in [0.25, 0.3) is 0 Å². The van der Waals surface area contributed by atoms with Gasteiger partial charge in [-0.25, -0.2) is 0 Å². The van der Waals surface area contributed by atoms with Crippen LogP contribution in [0.15, 0.2) is 12.1 Å². The van der Waals surface area contributed by atoms with Crippen molar-refractivity contribution in [3.8, 4) is 5.75 Å². The zero-order chi connectivity index (χ0) is 11.3. The van der Waals surface area contributed by atoms with Gasteiger partial charge in [0.1, 0.15) is 5.75 Å². The molecule has 0 aliphatic carbocycles. The predicted octanol–water partition coefficient (Wildman–Crippen LogP) is 2.36. The highest BCUT2D eigenvalue weighted by molar-refractivity contribution is 5.89. The van der Waals surface area contributed by atoms with Crippen LogP contribution in [0.4, 0.5) is 0 Å². The molecule has 0 aliphatic heterocycles. The van der Waals surface area contributed by atoms with E-state index in [9.17, 15) is 14.7 Å². The van der Waals surface area contributed by atoms with Crippen molar-refractivity contribution in [1.82, 2.24) is 0 Å². The van der Waals surface area contributed by atoms with Crippen LogP contribution < -0.4 is 0 Å². The summed E-state index contributed by atoms with van der Waals surface area (Å²) in [6.45, 7) is 2.06. The minimum absolute atomic E-state index is 0.164. The van der Waals surface area contributed by atoms with Crippen LogP contribution in [0.25, 0.3) is 0 Å². The third-order valence-electron chi connectivity index (χ3n) is 2.38. The van der Waals surface area contributed by atoms with Gasteiger partial charge >= 0.3 is 0 Å². The van der Waals surface area contributed by atoms with Gasteiger partial charge in [0, 0.05) is 0 Å². The van der Waals surface area contributed by atoms with Crippen LogP contribution in [0.2, 0.25) is 0 Å². The van der Waals surface area contributed by atoms with E-state index >= 15 is 0 Å². The van der Waals surface area contributed by atoms with Crippen molar-refractivity contribution in [1.29, 1.82) is 0 Å². The first kappa shape index (κ1) is 11.4. The first-order chi connectivity index (χ1) is 7.24. The predicted molar refractivity (Wildman–Crippen MR) is 57.5 cm³/mol. The average molecular weight is 206 g/mol. The van der Waals surface area contributed by atoms with Crippen molar-refractivity contribution in [3.05, 3.63) is 28.8 Å². The molecule has 0 bridgehead atoms. The highest BCUT2D eigenvalue weighted by atomic mass is 16.3. The molecule has 0 radical (unpaired) electrons. The Morgan fingerprint density at radius 2 is 2.00 bits per heavy atom. The second-order valence-corrected chi connectivity index (χ2v) is 3.42. The van der Waals surface area contributed by atoms with Gasteiger partial charge in [0.05, 0.1) is 11.1 Å². The number of aldehydes is 2. The van der Waals surface area contributed by atoms with E-state index in [-0.39, 0.29) is 16.9 Å². The number of unbranched alkanes of at least 4 members (excludes halogenated alkanes) is 1. The molecular formula is C12H14O3. The molecule has 0 atom stereocenters. The van der Waals surface area contributed by atoms with E-state index in [2.05, 4.69) is 6.92 Å². The van der Waals surface area contributed by atoms with Crippen LogP contribution in [0.3, 0.4) is 0 Å². The molecular weight excluding hydrogens is 192 g/mol. The number of aryl methyl sites for hydroxylation is 1. The van der Waals surface area contributed by atoms with Crippen molar-refractivity contribution >= 4 is 12.6 Å². The lowest BCUT2D eigenvalue weighted by atomic mass is 9.99. The van der Waals surface area contributed by atoms with Gasteiger partial charge < -0.3 is 5.11 Å². The molecule has 3 heteroatoms. The van der Waals surface area contributed by atoms with E-state index in [1.54, 1.807) is 12.1 Å². The molecule has 3 nitrogen and oxygen atoms in total. The van der Waals surface area contributed by atoms with E-state index in [4.69, 9.17) is 0 Å². The van der Waals surface area contributed by atoms with Gasteiger partial charge in [-0.1, -0.05) is 19.4 Å². The van der Waals surface area contributed by atoms with Crippen LogP contribution in [0.5, 0.6) is 5.75 Å². The fourth-order valence-corrected chi connectivity index (χ4v) is 1.48. The summed E-state index contributed by atoms with van der Waals surface area (Å²) in [4.78, 5) is 21.3. The quantitative estimate of drug-likeness (QED) is 0.752. The van der Waals surface area contributed by atoms with Gasteiger partial charge in [0.15, 0.2) is 12.6 Å². The largest absolute Gasteiger partial charge is 0.506 e. The van der Waals surface area contributed by atoms with Crippen LogP contribution in [-0.2, 0) is 6.42 Å². The summed E-state index contributed by atoms with van der Waals surface area (Å²) in [5.74, 6) is -0.200. The third kappa shape index (κ3) is 2.43. The summed E-state index contributed by atoms with van der Waals surface area (Å²) in [7, 11) is 0. The average Bonchev–Trinajstić information content (AvgIpc) is 2.26. The Labute approximate surface area is 88.7 Å². The van der Waals surface area contributed by atoms with Crippen LogP contribution in [-0.4, -0.2) is 17.7 Å². The number of rotatable bonds is 5.